The molecule has 3 rings (SSSR count). The number of halogens is 1. The number of imidazole rings is 1. The van der Waals surface area contributed by atoms with Gasteiger partial charge in [-0.3, -0.25) is 0 Å². The van der Waals surface area contributed by atoms with Crippen molar-refractivity contribution in [3.8, 4) is 11.5 Å². The third-order valence-electron chi connectivity index (χ3n) is 3.50. The number of aromatic nitrogens is 5. The van der Waals surface area contributed by atoms with Crippen molar-refractivity contribution in [3.63, 3.8) is 0 Å². The summed E-state index contributed by atoms with van der Waals surface area (Å²) < 4.78 is 26.3. The average molecular weight is 352 g/mol. The normalized spacial score (nSPS) is 12.0. The van der Waals surface area contributed by atoms with E-state index in [-0.39, 0.29) is 21.6 Å². The highest BCUT2D eigenvalue weighted by Gasteiger charge is 2.24. The first-order valence-electron chi connectivity index (χ1n) is 6.88. The summed E-state index contributed by atoms with van der Waals surface area (Å²) in [6, 6.07) is 1.88. The molecule has 3 heterocycles. The lowest BCUT2D eigenvalue weighted by atomic mass is 10.3. The number of hydrogen-bond donors (Lipinski definition) is 0. The Morgan fingerprint density at radius 2 is 1.96 bits per heavy atom. The van der Waals surface area contributed by atoms with Crippen LogP contribution in [0.5, 0.6) is 0 Å². The fourth-order valence-electron chi connectivity index (χ4n) is 2.28. The second-order valence-corrected chi connectivity index (χ2v) is 7.69. The minimum Gasteiger partial charge on any atom is -0.310 e. The summed E-state index contributed by atoms with van der Waals surface area (Å²) in [5, 5.41) is -0.0359. The maximum Gasteiger partial charge on any atom is 0.223 e. The molecule has 0 spiro atoms. The Kier molecular flexibility index (Phi) is 3.81. The summed E-state index contributed by atoms with van der Waals surface area (Å²) in [5.41, 5.74) is 2.45. The fourth-order valence-corrected chi connectivity index (χ4v) is 3.37. The summed E-state index contributed by atoms with van der Waals surface area (Å²) in [4.78, 5) is 16.7. The minimum absolute atomic E-state index is 0.0135. The number of hydrogen-bond acceptors (Lipinski definition) is 6. The SMILES string of the molecule is CCS(=O)(=O)c1cnc(Cl)nc1-c1nc2cc(C)cnc2n1C. The number of nitrogens with zero attached hydrogens (tertiary/aromatic N) is 5. The predicted molar refractivity (Wildman–Crippen MR) is 87.0 cm³/mol. The van der Waals surface area contributed by atoms with Crippen molar-refractivity contribution in [2.75, 3.05) is 5.75 Å². The summed E-state index contributed by atoms with van der Waals surface area (Å²) in [6.07, 6.45) is 2.95. The van der Waals surface area contributed by atoms with E-state index in [2.05, 4.69) is 19.9 Å². The molecule has 0 amide bonds. The van der Waals surface area contributed by atoms with Gasteiger partial charge in [-0.2, -0.15) is 0 Å². The Hall–Kier alpha value is -2.06. The molecule has 0 aliphatic carbocycles. The Morgan fingerprint density at radius 1 is 1.22 bits per heavy atom. The van der Waals surface area contributed by atoms with Crippen LogP contribution in [0.3, 0.4) is 0 Å². The van der Waals surface area contributed by atoms with Gasteiger partial charge in [-0.05, 0) is 30.2 Å². The molecule has 0 atom stereocenters. The number of fused-ring (bicyclic) bond motifs is 1. The van der Waals surface area contributed by atoms with Crippen LogP contribution < -0.4 is 0 Å². The highest BCUT2D eigenvalue weighted by Crippen LogP contribution is 2.28. The molecule has 0 bridgehead atoms. The smallest absolute Gasteiger partial charge is 0.223 e. The molecule has 0 N–H and O–H groups in total. The molecule has 3 aromatic heterocycles. The minimum atomic E-state index is -3.51. The summed E-state index contributed by atoms with van der Waals surface area (Å²) in [7, 11) is -1.76. The number of sulfone groups is 1. The predicted octanol–water partition coefficient (Wildman–Crippen LogP) is 2.18. The van der Waals surface area contributed by atoms with Gasteiger partial charge in [0.15, 0.2) is 21.3 Å². The van der Waals surface area contributed by atoms with E-state index in [1.54, 1.807) is 24.7 Å². The van der Waals surface area contributed by atoms with Crippen LogP contribution >= 0.6 is 11.6 Å². The fraction of sp³-hybridized carbons (Fsp3) is 0.286. The Morgan fingerprint density at radius 3 is 2.65 bits per heavy atom. The Balaban J connectivity index is 2.35. The zero-order valence-corrected chi connectivity index (χ0v) is 14.4. The second kappa shape index (κ2) is 5.54. The van der Waals surface area contributed by atoms with Gasteiger partial charge in [-0.25, -0.2) is 28.4 Å². The molecule has 0 aliphatic rings. The Labute approximate surface area is 138 Å². The standard InChI is InChI=1S/C14H14ClN5O2S/c1-4-23(21,22)10-7-17-14(15)19-11(10)13-18-9-5-8(2)6-16-12(9)20(13)3/h5-7H,4H2,1-3H3. The van der Waals surface area contributed by atoms with Gasteiger partial charge in [-0.1, -0.05) is 6.92 Å². The van der Waals surface area contributed by atoms with Gasteiger partial charge in [0.2, 0.25) is 5.28 Å². The highest BCUT2D eigenvalue weighted by atomic mass is 35.5. The van der Waals surface area contributed by atoms with Gasteiger partial charge >= 0.3 is 0 Å². The van der Waals surface area contributed by atoms with E-state index in [1.807, 2.05) is 13.0 Å². The van der Waals surface area contributed by atoms with Crippen molar-refractivity contribution in [2.45, 2.75) is 18.7 Å². The molecule has 0 saturated heterocycles. The quantitative estimate of drug-likeness (QED) is 0.672. The number of rotatable bonds is 3. The third kappa shape index (κ3) is 2.68. The van der Waals surface area contributed by atoms with Crippen LogP contribution in [0, 0.1) is 6.92 Å². The molecule has 3 aromatic rings. The number of pyridine rings is 1. The summed E-state index contributed by atoms with van der Waals surface area (Å²) >= 11 is 5.87. The lowest BCUT2D eigenvalue weighted by molar-refractivity contribution is 0.596. The Bertz CT molecular complexity index is 1010. The van der Waals surface area contributed by atoms with Crippen LogP contribution in [0.1, 0.15) is 12.5 Å². The third-order valence-corrected chi connectivity index (χ3v) is 5.41. The average Bonchev–Trinajstić information content (AvgIpc) is 2.83. The van der Waals surface area contributed by atoms with Crippen molar-refractivity contribution in [1.82, 2.24) is 24.5 Å². The summed E-state index contributed by atoms with van der Waals surface area (Å²) in [5.74, 6) is 0.321. The van der Waals surface area contributed by atoms with Gasteiger partial charge < -0.3 is 4.57 Å². The van der Waals surface area contributed by atoms with Crippen LogP contribution in [0.4, 0.5) is 0 Å². The van der Waals surface area contributed by atoms with Crippen LogP contribution in [-0.4, -0.2) is 38.7 Å². The first kappa shape index (κ1) is 15.8. The molecule has 0 aliphatic heterocycles. The van der Waals surface area contributed by atoms with E-state index >= 15 is 0 Å². The van der Waals surface area contributed by atoms with Crippen molar-refractivity contribution in [1.29, 1.82) is 0 Å². The first-order valence-corrected chi connectivity index (χ1v) is 8.91. The van der Waals surface area contributed by atoms with E-state index in [0.29, 0.717) is 17.0 Å². The number of aryl methyl sites for hydroxylation is 2. The van der Waals surface area contributed by atoms with Gasteiger partial charge in [0.05, 0.1) is 11.9 Å². The zero-order chi connectivity index (χ0) is 16.8. The maximum atomic E-state index is 12.3. The van der Waals surface area contributed by atoms with Gasteiger partial charge in [-0.15, -0.1) is 0 Å². The van der Waals surface area contributed by atoms with Crippen LogP contribution in [-0.2, 0) is 16.9 Å². The largest absolute Gasteiger partial charge is 0.310 e. The molecule has 0 fully saturated rings. The van der Waals surface area contributed by atoms with E-state index < -0.39 is 9.84 Å². The molecule has 0 unspecified atom stereocenters. The van der Waals surface area contributed by atoms with E-state index in [1.165, 1.54) is 6.20 Å². The molecule has 23 heavy (non-hydrogen) atoms. The highest BCUT2D eigenvalue weighted by molar-refractivity contribution is 7.91. The molecular weight excluding hydrogens is 338 g/mol. The molecular formula is C14H14ClN5O2S. The van der Waals surface area contributed by atoms with Crippen LogP contribution in [0.2, 0.25) is 5.28 Å². The second-order valence-electron chi connectivity index (χ2n) is 5.11. The zero-order valence-electron chi connectivity index (χ0n) is 12.8. The lowest BCUT2D eigenvalue weighted by Crippen LogP contribution is -2.09. The van der Waals surface area contributed by atoms with E-state index in [4.69, 9.17) is 11.6 Å². The van der Waals surface area contributed by atoms with E-state index in [0.717, 1.165) is 5.56 Å². The molecule has 7 nitrogen and oxygen atoms in total. The van der Waals surface area contributed by atoms with Crippen LogP contribution in [0.25, 0.3) is 22.7 Å². The molecule has 0 saturated carbocycles. The van der Waals surface area contributed by atoms with Gasteiger partial charge in [0.1, 0.15) is 16.1 Å². The van der Waals surface area contributed by atoms with Crippen molar-refractivity contribution < 1.29 is 8.42 Å². The summed E-state index contributed by atoms with van der Waals surface area (Å²) in [6.45, 7) is 3.48. The first-order chi connectivity index (χ1) is 10.8. The lowest BCUT2D eigenvalue weighted by Gasteiger charge is -2.08. The van der Waals surface area contributed by atoms with Gasteiger partial charge in [0.25, 0.3) is 0 Å². The molecule has 0 radical (unpaired) electrons. The molecule has 0 aromatic carbocycles. The van der Waals surface area contributed by atoms with Crippen molar-refractivity contribution >= 4 is 32.6 Å². The van der Waals surface area contributed by atoms with E-state index in [9.17, 15) is 8.42 Å². The molecule has 9 heteroatoms. The van der Waals surface area contributed by atoms with Crippen molar-refractivity contribution in [2.24, 2.45) is 7.05 Å². The van der Waals surface area contributed by atoms with Gasteiger partial charge in [0, 0.05) is 13.2 Å². The van der Waals surface area contributed by atoms with Crippen LogP contribution in [0.15, 0.2) is 23.4 Å². The topological polar surface area (TPSA) is 90.6 Å². The van der Waals surface area contributed by atoms with Crippen molar-refractivity contribution in [3.05, 3.63) is 29.3 Å². The molecule has 120 valence electrons. The monoisotopic (exact) mass is 351 g/mol. The maximum absolute atomic E-state index is 12.3.